The number of aromatic nitrogens is 1. The van der Waals surface area contributed by atoms with Crippen molar-refractivity contribution >= 4 is 0 Å². The van der Waals surface area contributed by atoms with E-state index in [1.165, 1.54) is 0 Å². The summed E-state index contributed by atoms with van der Waals surface area (Å²) in [5.74, 6) is 7.03. The van der Waals surface area contributed by atoms with Crippen molar-refractivity contribution in [2.24, 2.45) is 0 Å². The standard InChI is InChI=1S/C28H21NO2/c30-28(23-12-4-1-5-13-23,24-14-6-2-7-15-24)22-27(31-26-17-8-3-9-18-26)20-19-25-16-10-11-21-29-25/h1-18,21-22,30H/b27-22-. The number of benzene rings is 3. The van der Waals surface area contributed by atoms with E-state index in [2.05, 4.69) is 16.8 Å². The average molecular weight is 403 g/mol. The molecule has 0 aliphatic carbocycles. The molecule has 1 aromatic heterocycles. The molecule has 150 valence electrons. The fourth-order valence-corrected chi connectivity index (χ4v) is 3.18. The number of para-hydroxylation sites is 1. The van der Waals surface area contributed by atoms with Crippen molar-refractivity contribution in [3.63, 3.8) is 0 Å². The molecule has 0 amide bonds. The van der Waals surface area contributed by atoms with Crippen LogP contribution in [0.3, 0.4) is 0 Å². The van der Waals surface area contributed by atoms with E-state index in [9.17, 15) is 5.11 Å². The molecular formula is C28H21NO2. The highest BCUT2D eigenvalue weighted by molar-refractivity contribution is 5.45. The molecule has 0 saturated carbocycles. The number of hydrogen-bond acceptors (Lipinski definition) is 3. The summed E-state index contributed by atoms with van der Waals surface area (Å²) in [6, 6.07) is 33.9. The first-order chi connectivity index (χ1) is 15.2. The smallest absolute Gasteiger partial charge is 0.177 e. The zero-order valence-corrected chi connectivity index (χ0v) is 16.8. The second kappa shape index (κ2) is 9.58. The van der Waals surface area contributed by atoms with Gasteiger partial charge in [0.2, 0.25) is 0 Å². The van der Waals surface area contributed by atoms with E-state index in [0.29, 0.717) is 17.2 Å². The maximum absolute atomic E-state index is 11.9. The minimum Gasteiger partial charge on any atom is -0.449 e. The van der Waals surface area contributed by atoms with Crippen LogP contribution < -0.4 is 4.74 Å². The molecule has 0 atom stereocenters. The van der Waals surface area contributed by atoms with Crippen molar-refractivity contribution in [1.82, 2.24) is 4.98 Å². The van der Waals surface area contributed by atoms with Gasteiger partial charge in [0.05, 0.1) is 0 Å². The highest BCUT2D eigenvalue weighted by Gasteiger charge is 2.30. The summed E-state index contributed by atoms with van der Waals surface area (Å²) < 4.78 is 6.07. The predicted octanol–water partition coefficient (Wildman–Crippen LogP) is 5.33. The van der Waals surface area contributed by atoms with Gasteiger partial charge in [-0.05, 0) is 47.2 Å². The summed E-state index contributed by atoms with van der Waals surface area (Å²) >= 11 is 0. The number of aliphatic hydroxyl groups is 1. The zero-order valence-electron chi connectivity index (χ0n) is 16.8. The third-order valence-corrected chi connectivity index (χ3v) is 4.72. The number of allylic oxidation sites excluding steroid dienone is 1. The lowest BCUT2D eigenvalue weighted by atomic mass is 9.85. The Morgan fingerprint density at radius 1 is 0.742 bits per heavy atom. The summed E-state index contributed by atoms with van der Waals surface area (Å²) in [7, 11) is 0. The molecule has 3 nitrogen and oxygen atoms in total. The van der Waals surface area contributed by atoms with E-state index in [4.69, 9.17) is 4.74 Å². The fraction of sp³-hybridized carbons (Fsp3) is 0.0357. The molecule has 0 spiro atoms. The number of nitrogens with zero attached hydrogens (tertiary/aromatic N) is 1. The SMILES string of the molecule is OC(/C=C(/C#Cc1ccccn1)Oc1ccccc1)(c1ccccc1)c1ccccc1. The monoisotopic (exact) mass is 403 g/mol. The molecule has 0 aliphatic rings. The molecule has 0 saturated heterocycles. The Morgan fingerprint density at radius 2 is 1.29 bits per heavy atom. The Morgan fingerprint density at radius 3 is 1.84 bits per heavy atom. The van der Waals surface area contributed by atoms with Gasteiger partial charge in [0, 0.05) is 12.3 Å². The maximum atomic E-state index is 11.9. The lowest BCUT2D eigenvalue weighted by molar-refractivity contribution is 0.131. The second-order valence-electron chi connectivity index (χ2n) is 6.89. The molecule has 1 heterocycles. The quantitative estimate of drug-likeness (QED) is 0.362. The Balaban J connectivity index is 1.83. The van der Waals surface area contributed by atoms with Gasteiger partial charge in [-0.1, -0.05) is 84.9 Å². The van der Waals surface area contributed by atoms with Crippen molar-refractivity contribution in [1.29, 1.82) is 0 Å². The first-order valence-electron chi connectivity index (χ1n) is 9.96. The highest BCUT2D eigenvalue weighted by Crippen LogP contribution is 2.32. The Labute approximate surface area is 182 Å². The van der Waals surface area contributed by atoms with Crippen molar-refractivity contribution in [3.8, 4) is 17.6 Å². The normalized spacial score (nSPS) is 11.3. The molecule has 31 heavy (non-hydrogen) atoms. The lowest BCUT2D eigenvalue weighted by Crippen LogP contribution is -2.25. The summed E-state index contributed by atoms with van der Waals surface area (Å²) in [5.41, 5.74) is 0.629. The molecule has 4 aromatic rings. The van der Waals surface area contributed by atoms with Gasteiger partial charge in [0.25, 0.3) is 0 Å². The molecule has 0 bridgehead atoms. The Kier molecular flexibility index (Phi) is 6.23. The molecule has 0 radical (unpaired) electrons. The fourth-order valence-electron chi connectivity index (χ4n) is 3.18. The summed E-state index contributed by atoms with van der Waals surface area (Å²) in [5, 5.41) is 11.9. The van der Waals surface area contributed by atoms with E-state index in [1.807, 2.05) is 109 Å². The molecular weight excluding hydrogens is 382 g/mol. The second-order valence-corrected chi connectivity index (χ2v) is 6.89. The van der Waals surface area contributed by atoms with Crippen LogP contribution in [-0.2, 0) is 5.60 Å². The molecule has 0 unspecified atom stereocenters. The van der Waals surface area contributed by atoms with Crippen LogP contribution >= 0.6 is 0 Å². The van der Waals surface area contributed by atoms with Crippen LogP contribution in [-0.4, -0.2) is 10.1 Å². The number of rotatable bonds is 5. The van der Waals surface area contributed by atoms with Crippen LogP contribution in [0.5, 0.6) is 5.75 Å². The van der Waals surface area contributed by atoms with E-state index in [0.717, 1.165) is 11.1 Å². The van der Waals surface area contributed by atoms with Gasteiger partial charge < -0.3 is 9.84 Å². The Hall–Kier alpha value is -4.13. The van der Waals surface area contributed by atoms with Gasteiger partial charge in [-0.25, -0.2) is 4.98 Å². The van der Waals surface area contributed by atoms with Crippen LogP contribution in [0.25, 0.3) is 0 Å². The molecule has 0 aliphatic heterocycles. The number of ether oxygens (including phenoxy) is 1. The van der Waals surface area contributed by atoms with Crippen LogP contribution in [0.4, 0.5) is 0 Å². The topological polar surface area (TPSA) is 42.4 Å². The lowest BCUT2D eigenvalue weighted by Gasteiger charge is -2.26. The van der Waals surface area contributed by atoms with Crippen LogP contribution in [0.2, 0.25) is 0 Å². The maximum Gasteiger partial charge on any atom is 0.177 e. The van der Waals surface area contributed by atoms with Crippen molar-refractivity contribution in [3.05, 3.63) is 144 Å². The predicted molar refractivity (Wildman–Crippen MR) is 122 cm³/mol. The van der Waals surface area contributed by atoms with Crippen molar-refractivity contribution < 1.29 is 9.84 Å². The molecule has 3 aromatic carbocycles. The van der Waals surface area contributed by atoms with Gasteiger partial charge in [-0.15, -0.1) is 0 Å². The van der Waals surface area contributed by atoms with Gasteiger partial charge >= 0.3 is 0 Å². The number of hydrogen-bond donors (Lipinski definition) is 1. The molecule has 1 N–H and O–H groups in total. The first-order valence-corrected chi connectivity index (χ1v) is 9.96. The summed E-state index contributed by atoms with van der Waals surface area (Å²) in [4.78, 5) is 4.25. The third-order valence-electron chi connectivity index (χ3n) is 4.72. The minimum absolute atomic E-state index is 0.326. The minimum atomic E-state index is -1.43. The van der Waals surface area contributed by atoms with Gasteiger partial charge in [-0.3, -0.25) is 0 Å². The van der Waals surface area contributed by atoms with Gasteiger partial charge in [0.15, 0.2) is 5.76 Å². The average Bonchev–Trinajstić information content (AvgIpc) is 2.85. The molecule has 3 heteroatoms. The van der Waals surface area contributed by atoms with Crippen LogP contribution in [0.1, 0.15) is 16.8 Å². The largest absolute Gasteiger partial charge is 0.449 e. The molecule has 4 rings (SSSR count). The third kappa shape index (κ3) is 5.08. The Bertz CT molecular complexity index is 1150. The first kappa shape index (κ1) is 20.2. The van der Waals surface area contributed by atoms with Gasteiger partial charge in [0.1, 0.15) is 17.0 Å². The molecule has 0 fully saturated rings. The summed E-state index contributed by atoms with van der Waals surface area (Å²) in [6.07, 6.45) is 3.34. The van der Waals surface area contributed by atoms with Gasteiger partial charge in [-0.2, -0.15) is 0 Å². The van der Waals surface area contributed by atoms with Crippen LogP contribution in [0.15, 0.2) is 127 Å². The van der Waals surface area contributed by atoms with E-state index in [1.54, 1.807) is 12.3 Å². The van der Waals surface area contributed by atoms with E-state index >= 15 is 0 Å². The summed E-state index contributed by atoms with van der Waals surface area (Å²) in [6.45, 7) is 0. The van der Waals surface area contributed by atoms with Crippen molar-refractivity contribution in [2.45, 2.75) is 5.60 Å². The zero-order chi connectivity index (χ0) is 21.4. The highest BCUT2D eigenvalue weighted by atomic mass is 16.5. The van der Waals surface area contributed by atoms with E-state index < -0.39 is 5.60 Å². The van der Waals surface area contributed by atoms with Crippen LogP contribution in [0, 0.1) is 11.8 Å². The number of pyridine rings is 1. The van der Waals surface area contributed by atoms with E-state index in [-0.39, 0.29) is 0 Å². The van der Waals surface area contributed by atoms with Crippen molar-refractivity contribution in [2.75, 3.05) is 0 Å².